The van der Waals surface area contributed by atoms with Gasteiger partial charge in [-0.3, -0.25) is 9.59 Å². The molecule has 0 bridgehead atoms. The summed E-state index contributed by atoms with van der Waals surface area (Å²) in [6.07, 6.45) is 0. The molecule has 0 saturated heterocycles. The third kappa shape index (κ3) is 3.21. The average molecular weight is 395 g/mol. The van der Waals surface area contributed by atoms with E-state index >= 15 is 0 Å². The number of benzene rings is 3. The predicted molar refractivity (Wildman–Crippen MR) is 102 cm³/mol. The minimum Gasteiger partial charge on any atom is -0.289 e. The number of carbonyl (C=O) groups is 2. The lowest BCUT2D eigenvalue weighted by Gasteiger charge is -2.17. The zero-order valence-corrected chi connectivity index (χ0v) is 15.5. The van der Waals surface area contributed by atoms with Crippen molar-refractivity contribution in [1.82, 2.24) is 0 Å². The Kier molecular flexibility index (Phi) is 4.22. The highest BCUT2D eigenvalue weighted by molar-refractivity contribution is 7.99. The third-order valence-corrected chi connectivity index (χ3v) is 6.21. The molecule has 3 aromatic carbocycles. The molecular formula is C20H13NO4S2. The standard InChI is InChI=1S/C20H13NO4S2/c21-27(24,25)14-8-5-12(6-9-14)26-13-7-10-17-18(11-13)20(23)16-4-2-1-3-15(16)19(17)22/h1-11H,(H2,21,24,25). The molecular weight excluding hydrogens is 382 g/mol. The molecule has 27 heavy (non-hydrogen) atoms. The van der Waals surface area contributed by atoms with Crippen molar-refractivity contribution in [2.75, 3.05) is 0 Å². The van der Waals surface area contributed by atoms with Crippen LogP contribution in [0.2, 0.25) is 0 Å². The number of carbonyl (C=O) groups excluding carboxylic acids is 2. The Labute approximate surface area is 160 Å². The van der Waals surface area contributed by atoms with E-state index in [4.69, 9.17) is 5.14 Å². The topological polar surface area (TPSA) is 94.3 Å². The van der Waals surface area contributed by atoms with Crippen LogP contribution >= 0.6 is 11.8 Å². The lowest BCUT2D eigenvalue weighted by atomic mass is 9.84. The Bertz CT molecular complexity index is 1200. The molecule has 7 heteroatoms. The van der Waals surface area contributed by atoms with Crippen LogP contribution in [0.25, 0.3) is 0 Å². The number of rotatable bonds is 3. The monoisotopic (exact) mass is 395 g/mol. The first-order valence-electron chi connectivity index (χ1n) is 7.98. The van der Waals surface area contributed by atoms with E-state index in [9.17, 15) is 18.0 Å². The summed E-state index contributed by atoms with van der Waals surface area (Å²) in [5.74, 6) is -0.332. The molecule has 0 unspecified atom stereocenters. The van der Waals surface area contributed by atoms with Gasteiger partial charge in [-0.1, -0.05) is 36.0 Å². The first-order chi connectivity index (χ1) is 12.8. The van der Waals surface area contributed by atoms with Crippen LogP contribution in [0.15, 0.2) is 81.4 Å². The summed E-state index contributed by atoms with van der Waals surface area (Å²) in [5, 5.41) is 5.10. The fraction of sp³-hybridized carbons (Fsp3) is 0. The molecule has 0 heterocycles. The van der Waals surface area contributed by atoms with Gasteiger partial charge in [0.2, 0.25) is 10.0 Å². The number of ketones is 2. The van der Waals surface area contributed by atoms with Crippen LogP contribution in [0.3, 0.4) is 0 Å². The van der Waals surface area contributed by atoms with Crippen LogP contribution in [0.1, 0.15) is 31.8 Å². The van der Waals surface area contributed by atoms with E-state index in [-0.39, 0.29) is 16.5 Å². The first kappa shape index (κ1) is 17.7. The Morgan fingerprint density at radius 3 is 1.78 bits per heavy atom. The highest BCUT2D eigenvalue weighted by atomic mass is 32.2. The summed E-state index contributed by atoms with van der Waals surface area (Å²) in [6, 6.07) is 18.1. The number of sulfonamides is 1. The maximum atomic E-state index is 12.8. The van der Waals surface area contributed by atoms with Crippen molar-refractivity contribution < 1.29 is 18.0 Å². The molecule has 0 radical (unpaired) electrons. The van der Waals surface area contributed by atoms with Gasteiger partial charge in [-0.15, -0.1) is 0 Å². The van der Waals surface area contributed by atoms with Crippen molar-refractivity contribution in [3.63, 3.8) is 0 Å². The van der Waals surface area contributed by atoms with Crippen LogP contribution < -0.4 is 5.14 Å². The Balaban J connectivity index is 1.68. The maximum Gasteiger partial charge on any atom is 0.238 e. The molecule has 0 amide bonds. The van der Waals surface area contributed by atoms with Gasteiger partial charge >= 0.3 is 0 Å². The highest BCUT2D eigenvalue weighted by Gasteiger charge is 2.29. The van der Waals surface area contributed by atoms with Gasteiger partial charge in [-0.05, 0) is 42.5 Å². The van der Waals surface area contributed by atoms with Gasteiger partial charge in [-0.2, -0.15) is 0 Å². The smallest absolute Gasteiger partial charge is 0.238 e. The minimum absolute atomic E-state index is 0.0367. The quantitative estimate of drug-likeness (QED) is 0.575. The normalized spacial score (nSPS) is 13.2. The molecule has 1 aliphatic rings. The van der Waals surface area contributed by atoms with Gasteiger partial charge in [-0.25, -0.2) is 13.6 Å². The first-order valence-corrected chi connectivity index (χ1v) is 10.3. The largest absolute Gasteiger partial charge is 0.289 e. The van der Waals surface area contributed by atoms with Gasteiger partial charge in [0.1, 0.15) is 0 Å². The highest BCUT2D eigenvalue weighted by Crippen LogP contribution is 2.33. The van der Waals surface area contributed by atoms with E-state index in [1.807, 2.05) is 0 Å². The number of hydrogen-bond donors (Lipinski definition) is 1. The maximum absolute atomic E-state index is 12.8. The van der Waals surface area contributed by atoms with Gasteiger partial charge in [0.15, 0.2) is 11.6 Å². The number of fused-ring (bicyclic) bond motifs is 2. The lowest BCUT2D eigenvalue weighted by Crippen LogP contribution is -2.20. The lowest BCUT2D eigenvalue weighted by molar-refractivity contribution is 0.0979. The molecule has 1 aliphatic carbocycles. The van der Waals surface area contributed by atoms with E-state index in [0.717, 1.165) is 9.79 Å². The van der Waals surface area contributed by atoms with E-state index in [1.165, 1.54) is 23.9 Å². The fourth-order valence-electron chi connectivity index (χ4n) is 2.98. The molecule has 0 spiro atoms. The van der Waals surface area contributed by atoms with Crippen molar-refractivity contribution in [2.24, 2.45) is 5.14 Å². The predicted octanol–water partition coefficient (Wildman–Crippen LogP) is 3.26. The van der Waals surface area contributed by atoms with Gasteiger partial charge in [0.05, 0.1) is 4.90 Å². The summed E-state index contributed by atoms with van der Waals surface area (Å²) >= 11 is 1.37. The summed E-state index contributed by atoms with van der Waals surface area (Å²) in [6.45, 7) is 0. The fourth-order valence-corrected chi connectivity index (χ4v) is 4.35. The minimum atomic E-state index is -3.74. The molecule has 0 saturated carbocycles. The van der Waals surface area contributed by atoms with E-state index in [2.05, 4.69) is 0 Å². The van der Waals surface area contributed by atoms with Crippen molar-refractivity contribution in [3.8, 4) is 0 Å². The van der Waals surface area contributed by atoms with Crippen LogP contribution in [-0.4, -0.2) is 20.0 Å². The second kappa shape index (κ2) is 6.45. The SMILES string of the molecule is NS(=O)(=O)c1ccc(Sc2ccc3c(c2)C(=O)c2ccccc2C3=O)cc1. The third-order valence-electron chi connectivity index (χ3n) is 4.28. The van der Waals surface area contributed by atoms with Crippen LogP contribution in [-0.2, 0) is 10.0 Å². The number of nitrogens with two attached hydrogens (primary N) is 1. The summed E-state index contributed by atoms with van der Waals surface area (Å²) in [4.78, 5) is 27.0. The van der Waals surface area contributed by atoms with Gasteiger partial charge in [0.25, 0.3) is 0 Å². The van der Waals surface area contributed by atoms with Crippen LogP contribution in [0.4, 0.5) is 0 Å². The van der Waals surface area contributed by atoms with Crippen molar-refractivity contribution in [3.05, 3.63) is 89.0 Å². The van der Waals surface area contributed by atoms with Crippen LogP contribution in [0.5, 0.6) is 0 Å². The van der Waals surface area contributed by atoms with Crippen LogP contribution in [0, 0.1) is 0 Å². The second-order valence-electron chi connectivity index (χ2n) is 6.03. The van der Waals surface area contributed by atoms with E-state index < -0.39 is 10.0 Å². The number of hydrogen-bond acceptors (Lipinski definition) is 5. The molecule has 3 aromatic rings. The summed E-state index contributed by atoms with van der Waals surface area (Å²) < 4.78 is 22.7. The van der Waals surface area contributed by atoms with Crippen molar-refractivity contribution >= 4 is 33.4 Å². The zero-order valence-electron chi connectivity index (χ0n) is 13.9. The summed E-state index contributed by atoms with van der Waals surface area (Å²) in [5.41, 5.74) is 1.61. The van der Waals surface area contributed by atoms with Crippen molar-refractivity contribution in [1.29, 1.82) is 0 Å². The zero-order chi connectivity index (χ0) is 19.2. The summed E-state index contributed by atoms with van der Waals surface area (Å²) in [7, 11) is -3.74. The van der Waals surface area contributed by atoms with Gasteiger partial charge < -0.3 is 0 Å². The molecule has 134 valence electrons. The number of primary sulfonamides is 1. The molecule has 5 nitrogen and oxygen atoms in total. The van der Waals surface area contributed by atoms with E-state index in [0.29, 0.717) is 22.3 Å². The Hall–Kier alpha value is -2.74. The molecule has 2 N–H and O–H groups in total. The second-order valence-corrected chi connectivity index (χ2v) is 8.74. The van der Waals surface area contributed by atoms with Crippen molar-refractivity contribution in [2.45, 2.75) is 14.7 Å². The molecule has 4 rings (SSSR count). The Morgan fingerprint density at radius 2 is 1.19 bits per heavy atom. The average Bonchev–Trinajstić information content (AvgIpc) is 2.66. The van der Waals surface area contributed by atoms with Gasteiger partial charge in [0, 0.05) is 32.0 Å². The molecule has 0 aromatic heterocycles. The molecule has 0 aliphatic heterocycles. The molecule has 0 fully saturated rings. The Morgan fingerprint density at radius 1 is 0.667 bits per heavy atom. The van der Waals surface area contributed by atoms with E-state index in [1.54, 1.807) is 54.6 Å². The molecule has 0 atom stereocenters.